The number of amides is 3. The monoisotopic (exact) mass is 301 g/mol. The molecule has 0 radical (unpaired) electrons. The number of nitrogens with one attached hydrogen (secondary N) is 1. The minimum atomic E-state index is -0.245. The molecule has 0 saturated carbocycles. The predicted molar refractivity (Wildman–Crippen MR) is 77.2 cm³/mol. The summed E-state index contributed by atoms with van der Waals surface area (Å²) in [5.74, 6) is 0.568. The van der Waals surface area contributed by atoms with E-state index in [0.717, 1.165) is 0 Å². The van der Waals surface area contributed by atoms with Gasteiger partial charge in [-0.25, -0.2) is 9.78 Å². The fourth-order valence-corrected chi connectivity index (χ4v) is 2.22. The van der Waals surface area contributed by atoms with Crippen LogP contribution in [0.1, 0.15) is 10.6 Å². The maximum atomic E-state index is 12.1. The number of piperazine rings is 1. The zero-order valence-corrected chi connectivity index (χ0v) is 11.8. The van der Waals surface area contributed by atoms with E-state index in [1.54, 1.807) is 21.9 Å². The summed E-state index contributed by atoms with van der Waals surface area (Å²) in [6.45, 7) is 1.85. The number of aromatic nitrogens is 2. The third kappa shape index (κ3) is 3.05. The van der Waals surface area contributed by atoms with Gasteiger partial charge in [-0.1, -0.05) is 0 Å². The third-order valence-electron chi connectivity index (χ3n) is 3.38. The molecule has 1 aliphatic rings. The number of hydrogen-bond donors (Lipinski definition) is 1. The van der Waals surface area contributed by atoms with Gasteiger partial charge < -0.3 is 14.2 Å². The van der Waals surface area contributed by atoms with E-state index < -0.39 is 0 Å². The van der Waals surface area contributed by atoms with Crippen LogP contribution in [-0.2, 0) is 0 Å². The van der Waals surface area contributed by atoms with Gasteiger partial charge in [-0.05, 0) is 12.1 Å². The molecule has 2 aromatic heterocycles. The Kier molecular flexibility index (Phi) is 3.99. The number of anilines is 1. The van der Waals surface area contributed by atoms with Crippen LogP contribution in [0.3, 0.4) is 0 Å². The first kappa shape index (κ1) is 14.1. The molecular weight excluding hydrogens is 286 g/mol. The first-order valence-corrected chi connectivity index (χ1v) is 6.89. The number of nitrogens with zero attached hydrogens (tertiary/aromatic N) is 4. The van der Waals surface area contributed by atoms with Crippen LogP contribution in [0.2, 0.25) is 0 Å². The van der Waals surface area contributed by atoms with Crippen LogP contribution in [0.4, 0.5) is 10.6 Å². The van der Waals surface area contributed by atoms with E-state index in [4.69, 9.17) is 4.42 Å². The summed E-state index contributed by atoms with van der Waals surface area (Å²) in [5, 5.41) is 2.67. The molecule has 3 rings (SSSR count). The third-order valence-corrected chi connectivity index (χ3v) is 3.38. The molecular formula is C14H15N5O3. The van der Waals surface area contributed by atoms with Gasteiger partial charge in [0.1, 0.15) is 0 Å². The Morgan fingerprint density at radius 3 is 2.55 bits per heavy atom. The van der Waals surface area contributed by atoms with Crippen molar-refractivity contribution in [2.75, 3.05) is 31.5 Å². The molecule has 3 heterocycles. The highest BCUT2D eigenvalue weighted by Gasteiger charge is 2.26. The van der Waals surface area contributed by atoms with Gasteiger partial charge in [0.2, 0.25) is 0 Å². The highest BCUT2D eigenvalue weighted by atomic mass is 16.3. The number of carbonyl (C=O) groups excluding carboxylic acids is 2. The van der Waals surface area contributed by atoms with Gasteiger partial charge >= 0.3 is 6.03 Å². The van der Waals surface area contributed by atoms with Crippen molar-refractivity contribution in [1.82, 2.24) is 19.8 Å². The van der Waals surface area contributed by atoms with Crippen molar-refractivity contribution in [2.24, 2.45) is 0 Å². The zero-order chi connectivity index (χ0) is 15.4. The minimum absolute atomic E-state index is 0.154. The molecule has 0 bridgehead atoms. The van der Waals surface area contributed by atoms with Crippen molar-refractivity contribution in [1.29, 1.82) is 0 Å². The standard InChI is InChI=1S/C14H15N5O3/c20-13(11-2-1-9-22-11)18-5-7-19(8-6-18)14(21)17-12-10-15-3-4-16-12/h1-4,9-10H,5-8H2,(H,16,17,21). The Hall–Kier alpha value is -2.90. The van der Waals surface area contributed by atoms with E-state index in [1.165, 1.54) is 24.9 Å². The number of urea groups is 1. The molecule has 1 aliphatic heterocycles. The van der Waals surface area contributed by atoms with E-state index in [2.05, 4.69) is 15.3 Å². The fourth-order valence-electron chi connectivity index (χ4n) is 2.22. The predicted octanol–water partition coefficient (Wildman–Crippen LogP) is 1.06. The van der Waals surface area contributed by atoms with Gasteiger partial charge in [0.05, 0.1) is 12.5 Å². The van der Waals surface area contributed by atoms with E-state index in [-0.39, 0.29) is 11.9 Å². The molecule has 0 aliphatic carbocycles. The van der Waals surface area contributed by atoms with Crippen LogP contribution < -0.4 is 5.32 Å². The van der Waals surface area contributed by atoms with Crippen molar-refractivity contribution >= 4 is 17.8 Å². The van der Waals surface area contributed by atoms with Gasteiger partial charge in [0.25, 0.3) is 5.91 Å². The summed E-state index contributed by atoms with van der Waals surface area (Å²) in [6.07, 6.45) is 6.00. The summed E-state index contributed by atoms with van der Waals surface area (Å²) >= 11 is 0. The molecule has 0 spiro atoms. The van der Waals surface area contributed by atoms with Gasteiger partial charge in [-0.2, -0.15) is 0 Å². The molecule has 8 nitrogen and oxygen atoms in total. The SMILES string of the molecule is O=C(Nc1cnccn1)N1CCN(C(=O)c2ccco2)CC1. The number of rotatable bonds is 2. The van der Waals surface area contributed by atoms with Crippen molar-refractivity contribution in [3.8, 4) is 0 Å². The number of carbonyl (C=O) groups is 2. The van der Waals surface area contributed by atoms with Crippen molar-refractivity contribution < 1.29 is 14.0 Å². The Labute approximate surface area is 126 Å². The van der Waals surface area contributed by atoms with Crippen LogP contribution in [-0.4, -0.2) is 57.9 Å². The van der Waals surface area contributed by atoms with Gasteiger partial charge in [0, 0.05) is 38.6 Å². The van der Waals surface area contributed by atoms with Crippen molar-refractivity contribution in [3.05, 3.63) is 42.7 Å². The van der Waals surface area contributed by atoms with E-state index in [0.29, 0.717) is 37.8 Å². The van der Waals surface area contributed by atoms with Crippen LogP contribution in [0, 0.1) is 0 Å². The van der Waals surface area contributed by atoms with Gasteiger partial charge in [-0.3, -0.25) is 15.1 Å². The fraction of sp³-hybridized carbons (Fsp3) is 0.286. The highest BCUT2D eigenvalue weighted by molar-refractivity contribution is 5.92. The smallest absolute Gasteiger partial charge is 0.323 e. The molecule has 2 aromatic rings. The molecule has 1 N–H and O–H groups in total. The molecule has 0 unspecified atom stereocenters. The summed E-state index contributed by atoms with van der Waals surface area (Å²) < 4.78 is 5.10. The molecule has 3 amide bonds. The molecule has 1 saturated heterocycles. The van der Waals surface area contributed by atoms with Gasteiger partial charge in [0.15, 0.2) is 11.6 Å². The van der Waals surface area contributed by atoms with Gasteiger partial charge in [-0.15, -0.1) is 0 Å². The molecule has 22 heavy (non-hydrogen) atoms. The molecule has 0 atom stereocenters. The summed E-state index contributed by atoms with van der Waals surface area (Å²) in [6, 6.07) is 3.07. The second-order valence-corrected chi connectivity index (χ2v) is 4.78. The normalized spacial score (nSPS) is 14.7. The number of furan rings is 1. The Balaban J connectivity index is 1.53. The summed E-state index contributed by atoms with van der Waals surface area (Å²) in [5.41, 5.74) is 0. The number of hydrogen-bond acceptors (Lipinski definition) is 5. The molecule has 0 aromatic carbocycles. The van der Waals surface area contributed by atoms with E-state index in [1.807, 2.05) is 0 Å². The van der Waals surface area contributed by atoms with Crippen LogP contribution in [0.25, 0.3) is 0 Å². The van der Waals surface area contributed by atoms with Crippen LogP contribution >= 0.6 is 0 Å². The Bertz CT molecular complexity index is 636. The lowest BCUT2D eigenvalue weighted by Gasteiger charge is -2.34. The molecule has 1 fully saturated rings. The average molecular weight is 301 g/mol. The quantitative estimate of drug-likeness (QED) is 0.895. The first-order valence-electron chi connectivity index (χ1n) is 6.89. The lowest BCUT2D eigenvalue weighted by Crippen LogP contribution is -2.51. The Morgan fingerprint density at radius 1 is 1.14 bits per heavy atom. The highest BCUT2D eigenvalue weighted by Crippen LogP contribution is 2.10. The largest absolute Gasteiger partial charge is 0.459 e. The maximum absolute atomic E-state index is 12.1. The minimum Gasteiger partial charge on any atom is -0.459 e. The average Bonchev–Trinajstić information content (AvgIpc) is 3.10. The van der Waals surface area contributed by atoms with Crippen molar-refractivity contribution in [2.45, 2.75) is 0 Å². The van der Waals surface area contributed by atoms with E-state index >= 15 is 0 Å². The Morgan fingerprint density at radius 2 is 1.91 bits per heavy atom. The van der Waals surface area contributed by atoms with Crippen molar-refractivity contribution in [3.63, 3.8) is 0 Å². The topological polar surface area (TPSA) is 91.6 Å². The second kappa shape index (κ2) is 6.25. The molecule has 8 heteroatoms. The summed E-state index contributed by atoms with van der Waals surface area (Å²) in [4.78, 5) is 35.4. The second-order valence-electron chi connectivity index (χ2n) is 4.78. The first-order chi connectivity index (χ1) is 10.7. The summed E-state index contributed by atoms with van der Waals surface area (Å²) in [7, 11) is 0. The maximum Gasteiger partial charge on any atom is 0.323 e. The molecule has 114 valence electrons. The van der Waals surface area contributed by atoms with Crippen LogP contribution in [0.15, 0.2) is 41.4 Å². The zero-order valence-electron chi connectivity index (χ0n) is 11.8. The van der Waals surface area contributed by atoms with E-state index in [9.17, 15) is 9.59 Å². The lowest BCUT2D eigenvalue weighted by molar-refractivity contribution is 0.0640. The van der Waals surface area contributed by atoms with Crippen LogP contribution in [0.5, 0.6) is 0 Å². The lowest BCUT2D eigenvalue weighted by atomic mass is 10.3.